The maximum absolute atomic E-state index is 2.57. The summed E-state index contributed by atoms with van der Waals surface area (Å²) in [5, 5.41) is 0. The maximum Gasteiger partial charge on any atom is 0.0429 e. The molecule has 1 aromatic rings. The molecule has 18 heavy (non-hydrogen) atoms. The number of rotatable bonds is 2. The second-order valence-corrected chi connectivity index (χ2v) is 5.29. The zero-order valence-corrected chi connectivity index (χ0v) is 11.2. The molecule has 0 atom stereocenters. The van der Waals surface area contributed by atoms with Crippen molar-refractivity contribution in [2.45, 2.75) is 32.7 Å². The molecule has 0 fully saturated rings. The normalized spacial score (nSPS) is 19.5. The van der Waals surface area contributed by atoms with Gasteiger partial charge in [0.05, 0.1) is 0 Å². The molecule has 0 unspecified atom stereocenters. The Morgan fingerprint density at radius 1 is 1.06 bits per heavy atom. The summed E-state index contributed by atoms with van der Waals surface area (Å²) in [5.41, 5.74) is 4.59. The molecule has 0 radical (unpaired) electrons. The molecule has 2 heteroatoms. The highest BCUT2D eigenvalue weighted by molar-refractivity contribution is 5.30. The van der Waals surface area contributed by atoms with Gasteiger partial charge in [0, 0.05) is 38.1 Å². The zero-order chi connectivity index (χ0) is 12.4. The van der Waals surface area contributed by atoms with Crippen LogP contribution in [0.1, 0.15) is 30.9 Å². The number of hydrogen-bond acceptors (Lipinski definition) is 2. The van der Waals surface area contributed by atoms with E-state index >= 15 is 0 Å². The van der Waals surface area contributed by atoms with Crippen molar-refractivity contribution in [3.05, 3.63) is 47.3 Å². The van der Waals surface area contributed by atoms with Gasteiger partial charge < -0.3 is 9.80 Å². The third-order valence-electron chi connectivity index (χ3n) is 4.15. The smallest absolute Gasteiger partial charge is 0.0429 e. The lowest BCUT2D eigenvalue weighted by Gasteiger charge is -2.36. The number of allylic oxidation sites excluding steroid dienone is 1. The first kappa shape index (κ1) is 11.6. The van der Waals surface area contributed by atoms with Gasteiger partial charge in [-0.15, -0.1) is 0 Å². The summed E-state index contributed by atoms with van der Waals surface area (Å²) in [6.07, 6.45) is 6.13. The Hall–Kier alpha value is -1.44. The van der Waals surface area contributed by atoms with Gasteiger partial charge in [0.15, 0.2) is 0 Å². The Morgan fingerprint density at radius 3 is 2.72 bits per heavy atom. The van der Waals surface area contributed by atoms with Gasteiger partial charge in [0.1, 0.15) is 0 Å². The average molecular weight is 242 g/mol. The van der Waals surface area contributed by atoms with E-state index in [9.17, 15) is 0 Å². The second kappa shape index (κ2) is 5.05. The molecule has 2 nitrogen and oxygen atoms in total. The predicted octanol–water partition coefficient (Wildman–Crippen LogP) is 3.00. The standard InChI is InChI=1S/C16H22N2/c1-2-17-10-5-8-16(13-17)18-11-9-14-6-3-4-7-15(14)12-18/h3-4,6-7,13H,2,5,8-12H2,1H3. The molecule has 3 rings (SSSR count). The highest BCUT2D eigenvalue weighted by atomic mass is 15.2. The molecular formula is C16H22N2. The molecule has 0 bridgehead atoms. The van der Waals surface area contributed by atoms with Crippen LogP contribution in [0.4, 0.5) is 0 Å². The van der Waals surface area contributed by atoms with Crippen molar-refractivity contribution >= 4 is 0 Å². The summed E-state index contributed by atoms with van der Waals surface area (Å²) >= 11 is 0. The highest BCUT2D eigenvalue weighted by Gasteiger charge is 2.20. The van der Waals surface area contributed by atoms with E-state index in [1.807, 2.05) is 0 Å². The summed E-state index contributed by atoms with van der Waals surface area (Å²) < 4.78 is 0. The SMILES string of the molecule is CCN1C=C(N2CCc3ccccc3C2)CCC1. The zero-order valence-electron chi connectivity index (χ0n) is 11.2. The van der Waals surface area contributed by atoms with Crippen molar-refractivity contribution in [3.8, 4) is 0 Å². The van der Waals surface area contributed by atoms with Crippen LogP contribution in [-0.4, -0.2) is 29.4 Å². The van der Waals surface area contributed by atoms with Gasteiger partial charge in [-0.1, -0.05) is 24.3 Å². The molecule has 0 spiro atoms. The fraction of sp³-hybridized carbons (Fsp3) is 0.500. The van der Waals surface area contributed by atoms with Crippen molar-refractivity contribution < 1.29 is 0 Å². The Bertz CT molecular complexity index is 450. The monoisotopic (exact) mass is 242 g/mol. The lowest BCUT2D eigenvalue weighted by Crippen LogP contribution is -2.34. The summed E-state index contributed by atoms with van der Waals surface area (Å²) in [5.74, 6) is 0. The van der Waals surface area contributed by atoms with Gasteiger partial charge in [-0.25, -0.2) is 0 Å². The van der Waals surface area contributed by atoms with Crippen molar-refractivity contribution in [2.24, 2.45) is 0 Å². The predicted molar refractivity (Wildman–Crippen MR) is 75.1 cm³/mol. The van der Waals surface area contributed by atoms with E-state index in [1.165, 1.54) is 49.2 Å². The van der Waals surface area contributed by atoms with Crippen LogP contribution in [0.2, 0.25) is 0 Å². The molecule has 2 heterocycles. The van der Waals surface area contributed by atoms with Crippen molar-refractivity contribution in [1.82, 2.24) is 9.80 Å². The largest absolute Gasteiger partial charge is 0.376 e. The molecule has 0 N–H and O–H groups in total. The van der Waals surface area contributed by atoms with Gasteiger partial charge >= 0.3 is 0 Å². The molecule has 2 aliphatic heterocycles. The molecule has 0 amide bonds. The van der Waals surface area contributed by atoms with Crippen LogP contribution < -0.4 is 0 Å². The first-order chi connectivity index (χ1) is 8.86. The van der Waals surface area contributed by atoms with E-state index in [0.717, 1.165) is 13.1 Å². The maximum atomic E-state index is 2.57. The first-order valence-electron chi connectivity index (χ1n) is 7.13. The third kappa shape index (κ3) is 2.24. The minimum absolute atomic E-state index is 1.10. The Kier molecular flexibility index (Phi) is 3.26. The molecule has 0 saturated carbocycles. The Labute approximate surface area is 110 Å². The van der Waals surface area contributed by atoms with E-state index in [0.29, 0.717) is 0 Å². The van der Waals surface area contributed by atoms with Gasteiger partial charge in [-0.2, -0.15) is 0 Å². The number of fused-ring (bicyclic) bond motifs is 1. The number of hydrogen-bond donors (Lipinski definition) is 0. The van der Waals surface area contributed by atoms with Crippen LogP contribution in [0.5, 0.6) is 0 Å². The average Bonchev–Trinajstić information content (AvgIpc) is 2.47. The van der Waals surface area contributed by atoms with Crippen molar-refractivity contribution in [1.29, 1.82) is 0 Å². The first-order valence-corrected chi connectivity index (χ1v) is 7.13. The molecule has 0 aromatic heterocycles. The number of nitrogens with zero attached hydrogens (tertiary/aromatic N) is 2. The quantitative estimate of drug-likeness (QED) is 0.786. The summed E-state index contributed by atoms with van der Waals surface area (Å²) in [6.45, 7) is 6.88. The summed E-state index contributed by atoms with van der Waals surface area (Å²) in [6, 6.07) is 8.88. The minimum atomic E-state index is 1.10. The van der Waals surface area contributed by atoms with Gasteiger partial charge in [0.25, 0.3) is 0 Å². The van der Waals surface area contributed by atoms with Crippen LogP contribution in [0.25, 0.3) is 0 Å². The summed E-state index contributed by atoms with van der Waals surface area (Å²) in [4.78, 5) is 5.02. The topological polar surface area (TPSA) is 6.48 Å². The highest BCUT2D eigenvalue weighted by Crippen LogP contribution is 2.25. The lowest BCUT2D eigenvalue weighted by atomic mass is 9.98. The molecule has 0 saturated heterocycles. The van der Waals surface area contributed by atoms with Crippen LogP contribution >= 0.6 is 0 Å². The van der Waals surface area contributed by atoms with Crippen molar-refractivity contribution in [3.63, 3.8) is 0 Å². The Morgan fingerprint density at radius 2 is 1.89 bits per heavy atom. The van der Waals surface area contributed by atoms with Crippen LogP contribution in [-0.2, 0) is 13.0 Å². The van der Waals surface area contributed by atoms with Gasteiger partial charge in [-0.3, -0.25) is 0 Å². The van der Waals surface area contributed by atoms with E-state index in [2.05, 4.69) is 47.2 Å². The number of benzene rings is 1. The molecular weight excluding hydrogens is 220 g/mol. The fourth-order valence-corrected chi connectivity index (χ4v) is 3.03. The molecule has 0 aliphatic carbocycles. The van der Waals surface area contributed by atoms with Crippen LogP contribution in [0.3, 0.4) is 0 Å². The third-order valence-corrected chi connectivity index (χ3v) is 4.15. The molecule has 96 valence electrons. The molecule has 1 aromatic carbocycles. The molecule has 2 aliphatic rings. The van der Waals surface area contributed by atoms with Crippen LogP contribution in [0, 0.1) is 0 Å². The lowest BCUT2D eigenvalue weighted by molar-refractivity contribution is 0.267. The van der Waals surface area contributed by atoms with E-state index in [-0.39, 0.29) is 0 Å². The second-order valence-electron chi connectivity index (χ2n) is 5.29. The van der Waals surface area contributed by atoms with E-state index < -0.39 is 0 Å². The summed E-state index contributed by atoms with van der Waals surface area (Å²) in [7, 11) is 0. The fourth-order valence-electron chi connectivity index (χ4n) is 3.03. The van der Waals surface area contributed by atoms with Crippen molar-refractivity contribution in [2.75, 3.05) is 19.6 Å². The Balaban J connectivity index is 1.77. The van der Waals surface area contributed by atoms with Gasteiger partial charge in [-0.05, 0) is 37.3 Å². The van der Waals surface area contributed by atoms with Gasteiger partial charge in [0.2, 0.25) is 0 Å². The van der Waals surface area contributed by atoms with Crippen LogP contribution in [0.15, 0.2) is 36.2 Å². The van der Waals surface area contributed by atoms with E-state index in [4.69, 9.17) is 0 Å². The van der Waals surface area contributed by atoms with E-state index in [1.54, 1.807) is 0 Å². The minimum Gasteiger partial charge on any atom is -0.376 e.